The first-order valence-electron chi connectivity index (χ1n) is 15.9. The Labute approximate surface area is 292 Å². The summed E-state index contributed by atoms with van der Waals surface area (Å²) in [5, 5.41) is 4.00. The van der Waals surface area contributed by atoms with Crippen molar-refractivity contribution in [1.29, 1.82) is 0 Å². The van der Waals surface area contributed by atoms with Crippen molar-refractivity contribution >= 4 is 50.7 Å². The van der Waals surface area contributed by atoms with Gasteiger partial charge in [0.15, 0.2) is 0 Å². The molecule has 11 heteroatoms. The third-order valence-electron chi connectivity index (χ3n) is 8.49. The van der Waals surface area contributed by atoms with Crippen molar-refractivity contribution in [2.75, 3.05) is 18.0 Å². The average Bonchev–Trinajstić information content (AvgIpc) is 3.09. The molecule has 48 heavy (non-hydrogen) atoms. The lowest BCUT2D eigenvalue weighted by molar-refractivity contribution is -0.140. The number of hydrogen-bond acceptors (Lipinski definition) is 5. The first-order chi connectivity index (χ1) is 23.1. The first kappa shape index (κ1) is 35.3. The highest BCUT2D eigenvalue weighted by atomic mass is 35.5. The van der Waals surface area contributed by atoms with Gasteiger partial charge in [0.1, 0.15) is 18.3 Å². The van der Waals surface area contributed by atoms with Crippen LogP contribution in [0, 0.1) is 0 Å². The van der Waals surface area contributed by atoms with Crippen molar-refractivity contribution in [2.24, 2.45) is 0 Å². The lowest BCUT2D eigenvalue weighted by Crippen LogP contribution is -2.55. The van der Waals surface area contributed by atoms with Gasteiger partial charge in [-0.2, -0.15) is 0 Å². The van der Waals surface area contributed by atoms with Crippen molar-refractivity contribution in [3.8, 4) is 5.75 Å². The number of halogens is 2. The summed E-state index contributed by atoms with van der Waals surface area (Å²) in [5.41, 5.74) is 1.77. The molecule has 0 aromatic heterocycles. The molecule has 0 radical (unpaired) electrons. The van der Waals surface area contributed by atoms with Gasteiger partial charge in [-0.1, -0.05) is 91.0 Å². The molecule has 1 saturated carbocycles. The highest BCUT2D eigenvalue weighted by Crippen LogP contribution is 2.28. The molecule has 8 nitrogen and oxygen atoms in total. The van der Waals surface area contributed by atoms with E-state index in [0.717, 1.165) is 42.0 Å². The quantitative estimate of drug-likeness (QED) is 0.158. The minimum Gasteiger partial charge on any atom is -0.497 e. The number of rotatable bonds is 13. The van der Waals surface area contributed by atoms with Crippen LogP contribution in [0.3, 0.4) is 0 Å². The smallest absolute Gasteiger partial charge is 0.264 e. The number of methoxy groups -OCH3 is 1. The van der Waals surface area contributed by atoms with E-state index in [9.17, 15) is 18.0 Å². The number of anilines is 1. The molecular weight excluding hydrogens is 669 g/mol. The van der Waals surface area contributed by atoms with Gasteiger partial charge >= 0.3 is 0 Å². The fourth-order valence-electron chi connectivity index (χ4n) is 5.97. The summed E-state index contributed by atoms with van der Waals surface area (Å²) in [5.74, 6) is -0.361. The van der Waals surface area contributed by atoms with Crippen LogP contribution in [0.2, 0.25) is 10.0 Å². The third-order valence-corrected chi connectivity index (χ3v) is 10.7. The maximum Gasteiger partial charge on any atom is 0.264 e. The predicted molar refractivity (Wildman–Crippen MR) is 190 cm³/mol. The van der Waals surface area contributed by atoms with Crippen molar-refractivity contribution in [1.82, 2.24) is 10.2 Å². The molecule has 2 amide bonds. The number of sulfonamides is 1. The fourth-order valence-corrected chi connectivity index (χ4v) is 7.77. The molecule has 1 aliphatic rings. The molecule has 0 heterocycles. The van der Waals surface area contributed by atoms with E-state index in [-0.39, 0.29) is 35.5 Å². The maximum atomic E-state index is 14.7. The molecule has 0 aliphatic heterocycles. The van der Waals surface area contributed by atoms with Crippen LogP contribution in [0.1, 0.15) is 43.2 Å². The van der Waals surface area contributed by atoms with Crippen molar-refractivity contribution in [3.63, 3.8) is 0 Å². The van der Waals surface area contributed by atoms with E-state index in [1.165, 1.54) is 30.2 Å². The van der Waals surface area contributed by atoms with Gasteiger partial charge in [-0.3, -0.25) is 13.9 Å². The molecule has 0 spiro atoms. The van der Waals surface area contributed by atoms with Gasteiger partial charge in [0.2, 0.25) is 11.8 Å². The monoisotopic (exact) mass is 707 g/mol. The summed E-state index contributed by atoms with van der Waals surface area (Å²) in [6.45, 7) is -0.557. The topological polar surface area (TPSA) is 96.0 Å². The summed E-state index contributed by atoms with van der Waals surface area (Å²) in [4.78, 5) is 30.3. The van der Waals surface area contributed by atoms with Crippen LogP contribution in [0.15, 0.2) is 108 Å². The lowest BCUT2D eigenvalue weighted by Gasteiger charge is -2.35. The van der Waals surface area contributed by atoms with Gasteiger partial charge in [0, 0.05) is 29.1 Å². The van der Waals surface area contributed by atoms with E-state index < -0.39 is 28.5 Å². The Balaban J connectivity index is 1.56. The molecule has 5 rings (SSSR count). The van der Waals surface area contributed by atoms with Crippen LogP contribution < -0.4 is 14.4 Å². The van der Waals surface area contributed by atoms with Gasteiger partial charge in [-0.15, -0.1) is 0 Å². The Morgan fingerprint density at radius 3 is 2.12 bits per heavy atom. The molecular formula is C37H39Cl2N3O5S. The van der Waals surface area contributed by atoms with Crippen LogP contribution in [-0.2, 0) is 32.6 Å². The SMILES string of the molecule is COc1ccc(S(=O)(=O)N(CC(=O)N(Cc2cccc(Cl)c2)[C@H](Cc2ccccc2)C(=O)NC2CCCCC2)c2cccc(Cl)c2)cc1. The van der Waals surface area contributed by atoms with Crippen molar-refractivity contribution < 1.29 is 22.7 Å². The van der Waals surface area contributed by atoms with Gasteiger partial charge in [0.25, 0.3) is 10.0 Å². The average molecular weight is 709 g/mol. The molecule has 0 saturated heterocycles. The Morgan fingerprint density at radius 2 is 1.48 bits per heavy atom. The Morgan fingerprint density at radius 1 is 0.833 bits per heavy atom. The van der Waals surface area contributed by atoms with Crippen LogP contribution >= 0.6 is 23.2 Å². The van der Waals surface area contributed by atoms with E-state index in [1.54, 1.807) is 48.5 Å². The molecule has 1 N–H and O–H groups in total. The third kappa shape index (κ3) is 9.09. The summed E-state index contributed by atoms with van der Waals surface area (Å²) >= 11 is 12.7. The highest BCUT2D eigenvalue weighted by molar-refractivity contribution is 7.92. The second kappa shape index (κ2) is 16.4. The molecule has 0 bridgehead atoms. The summed E-state index contributed by atoms with van der Waals surface area (Å²) in [6, 6.07) is 27.9. The number of nitrogens with one attached hydrogen (secondary N) is 1. The van der Waals surface area contributed by atoms with Crippen molar-refractivity contribution in [2.45, 2.75) is 62.0 Å². The number of benzene rings is 4. The maximum absolute atomic E-state index is 14.7. The zero-order valence-corrected chi connectivity index (χ0v) is 29.1. The highest BCUT2D eigenvalue weighted by Gasteiger charge is 2.35. The van der Waals surface area contributed by atoms with Crippen LogP contribution in [0.5, 0.6) is 5.75 Å². The minimum absolute atomic E-state index is 0.00561. The lowest BCUT2D eigenvalue weighted by atomic mass is 9.94. The van der Waals surface area contributed by atoms with Crippen molar-refractivity contribution in [3.05, 3.63) is 124 Å². The molecule has 252 valence electrons. The Bertz CT molecular complexity index is 1800. The summed E-state index contributed by atoms with van der Waals surface area (Å²) in [7, 11) is -2.79. The number of nitrogens with zero attached hydrogens (tertiary/aromatic N) is 2. The summed E-state index contributed by atoms with van der Waals surface area (Å²) < 4.78 is 34.7. The van der Waals surface area contributed by atoms with Gasteiger partial charge in [-0.05, 0) is 78.6 Å². The number of amides is 2. The van der Waals surface area contributed by atoms with Crippen LogP contribution in [0.25, 0.3) is 0 Å². The zero-order chi connectivity index (χ0) is 34.1. The number of ether oxygens (including phenoxy) is 1. The second-order valence-corrected chi connectivity index (χ2v) is 14.6. The van der Waals surface area contributed by atoms with Gasteiger partial charge < -0.3 is 15.0 Å². The van der Waals surface area contributed by atoms with Crippen LogP contribution in [0.4, 0.5) is 5.69 Å². The minimum atomic E-state index is -4.28. The van der Waals surface area contributed by atoms with Gasteiger partial charge in [0.05, 0.1) is 17.7 Å². The molecule has 4 aromatic carbocycles. The molecule has 1 aliphatic carbocycles. The fraction of sp³-hybridized carbons (Fsp3) is 0.297. The number of carbonyl (C=O) groups excluding carboxylic acids is 2. The van der Waals surface area contributed by atoms with Crippen LogP contribution in [-0.4, -0.2) is 50.9 Å². The van der Waals surface area contributed by atoms with E-state index in [4.69, 9.17) is 27.9 Å². The van der Waals surface area contributed by atoms with E-state index >= 15 is 0 Å². The molecule has 0 unspecified atom stereocenters. The van der Waals surface area contributed by atoms with E-state index in [1.807, 2.05) is 36.4 Å². The second-order valence-electron chi connectivity index (χ2n) is 11.9. The van der Waals surface area contributed by atoms with E-state index in [2.05, 4.69) is 5.32 Å². The standard InChI is InChI=1S/C37H39Cl2N3O5S/c1-47-33-18-20-34(21-19-33)48(45,46)42(32-17-9-14-30(39)24-32)26-36(43)41(25-28-12-8-13-29(38)22-28)35(23-27-10-4-2-5-11-27)37(44)40-31-15-6-3-7-16-31/h2,4-5,8-14,17-22,24,31,35H,3,6-7,15-16,23,25-26H2,1H3,(H,40,44)/t35-/m1/s1. The summed E-state index contributed by atoms with van der Waals surface area (Å²) in [6.07, 6.45) is 5.15. The molecule has 1 fully saturated rings. The Hall–Kier alpha value is -4.05. The Kier molecular flexibility index (Phi) is 12.0. The predicted octanol–water partition coefficient (Wildman–Crippen LogP) is 7.29. The normalized spacial score (nSPS) is 14.1. The number of hydrogen-bond donors (Lipinski definition) is 1. The number of carbonyl (C=O) groups is 2. The molecule has 1 atom stereocenters. The van der Waals surface area contributed by atoms with Gasteiger partial charge in [-0.25, -0.2) is 8.42 Å². The zero-order valence-electron chi connectivity index (χ0n) is 26.7. The molecule has 4 aromatic rings. The first-order valence-corrected chi connectivity index (χ1v) is 18.1. The van der Waals surface area contributed by atoms with E-state index in [0.29, 0.717) is 21.4 Å². The largest absolute Gasteiger partial charge is 0.497 e.